The van der Waals surface area contributed by atoms with E-state index >= 15 is 0 Å². The van der Waals surface area contributed by atoms with Gasteiger partial charge in [0.25, 0.3) is 5.91 Å². The molecule has 2 aromatic rings. The molecule has 2 rings (SSSR count). The number of carbonyl (C=O) groups is 1. The Labute approximate surface area is 166 Å². The van der Waals surface area contributed by atoms with Crippen LogP contribution in [0.1, 0.15) is 12.5 Å². The molecule has 0 aliphatic heterocycles. The summed E-state index contributed by atoms with van der Waals surface area (Å²) in [6.45, 7) is 1.56. The number of aromatic hydroxyl groups is 1. The summed E-state index contributed by atoms with van der Waals surface area (Å²) in [4.78, 5) is 12.1. The Bertz CT molecular complexity index is 833. The van der Waals surface area contributed by atoms with E-state index in [1.54, 1.807) is 31.2 Å². The Kier molecular flexibility index (Phi) is 7.15. The van der Waals surface area contributed by atoms with Gasteiger partial charge in [0.15, 0.2) is 17.6 Å². The third-order valence-corrected chi connectivity index (χ3v) is 3.99. The Hall–Kier alpha value is -2.64. The molecule has 0 aliphatic carbocycles. The molecule has 7 nitrogen and oxygen atoms in total. The van der Waals surface area contributed by atoms with Crippen molar-refractivity contribution >= 4 is 35.3 Å². The van der Waals surface area contributed by atoms with Crippen LogP contribution in [0.4, 0.5) is 0 Å². The summed E-state index contributed by atoms with van der Waals surface area (Å²) >= 11 is 11.8. The van der Waals surface area contributed by atoms with E-state index in [2.05, 4.69) is 10.5 Å². The van der Waals surface area contributed by atoms with Gasteiger partial charge in [0, 0.05) is 10.6 Å². The molecule has 0 bridgehead atoms. The Morgan fingerprint density at radius 1 is 1.15 bits per heavy atom. The average molecular weight is 413 g/mol. The highest BCUT2D eigenvalue weighted by Gasteiger charge is 2.16. The van der Waals surface area contributed by atoms with Crippen LogP contribution in [-0.2, 0) is 4.79 Å². The van der Waals surface area contributed by atoms with Crippen molar-refractivity contribution < 1.29 is 24.1 Å². The fourth-order valence-corrected chi connectivity index (χ4v) is 2.52. The second kappa shape index (κ2) is 9.34. The molecule has 1 atom stereocenters. The highest BCUT2D eigenvalue weighted by Crippen LogP contribution is 2.36. The largest absolute Gasteiger partial charge is 0.502 e. The SMILES string of the molecule is COc1cc(/C=N\NC(=O)[C@@H](C)Oc2ccc(Cl)cc2Cl)cc(OC)c1O. The van der Waals surface area contributed by atoms with Gasteiger partial charge in [-0.25, -0.2) is 5.43 Å². The summed E-state index contributed by atoms with van der Waals surface area (Å²) in [6, 6.07) is 7.79. The van der Waals surface area contributed by atoms with Crippen molar-refractivity contribution in [2.45, 2.75) is 13.0 Å². The van der Waals surface area contributed by atoms with Crippen molar-refractivity contribution in [3.05, 3.63) is 45.9 Å². The van der Waals surface area contributed by atoms with Gasteiger partial charge in [-0.1, -0.05) is 23.2 Å². The molecule has 144 valence electrons. The number of ether oxygens (including phenoxy) is 3. The van der Waals surface area contributed by atoms with Gasteiger partial charge >= 0.3 is 0 Å². The second-order valence-electron chi connectivity index (χ2n) is 5.34. The van der Waals surface area contributed by atoms with E-state index in [4.69, 9.17) is 37.4 Å². The number of phenolic OH excluding ortho intramolecular Hbond substituents is 1. The number of carbonyl (C=O) groups excluding carboxylic acids is 1. The number of halogens is 2. The molecule has 0 heterocycles. The second-order valence-corrected chi connectivity index (χ2v) is 6.19. The summed E-state index contributed by atoms with van der Waals surface area (Å²) < 4.78 is 15.6. The number of amides is 1. The first-order chi connectivity index (χ1) is 12.8. The van der Waals surface area contributed by atoms with Crippen molar-refractivity contribution in [1.82, 2.24) is 5.43 Å². The molecule has 0 radical (unpaired) electrons. The van der Waals surface area contributed by atoms with E-state index in [9.17, 15) is 9.90 Å². The zero-order chi connectivity index (χ0) is 20.0. The first-order valence-electron chi connectivity index (χ1n) is 7.75. The van der Waals surface area contributed by atoms with Crippen molar-refractivity contribution in [2.24, 2.45) is 5.10 Å². The van der Waals surface area contributed by atoms with Crippen LogP contribution < -0.4 is 19.6 Å². The summed E-state index contributed by atoms with van der Waals surface area (Å²) in [5.74, 6) is 0.172. The number of nitrogens with zero attached hydrogens (tertiary/aromatic N) is 1. The van der Waals surface area contributed by atoms with Crippen LogP contribution in [0.15, 0.2) is 35.4 Å². The first-order valence-corrected chi connectivity index (χ1v) is 8.51. The molecule has 27 heavy (non-hydrogen) atoms. The smallest absolute Gasteiger partial charge is 0.280 e. The number of methoxy groups -OCH3 is 2. The van der Waals surface area contributed by atoms with Gasteiger partial charge in [-0.3, -0.25) is 4.79 Å². The quantitative estimate of drug-likeness (QED) is 0.535. The van der Waals surface area contributed by atoms with Crippen LogP contribution >= 0.6 is 23.2 Å². The maximum absolute atomic E-state index is 12.1. The summed E-state index contributed by atoms with van der Waals surface area (Å²) in [5, 5.41) is 14.5. The number of hydrazone groups is 1. The minimum Gasteiger partial charge on any atom is -0.502 e. The predicted molar refractivity (Wildman–Crippen MR) is 103 cm³/mol. The maximum Gasteiger partial charge on any atom is 0.280 e. The number of rotatable bonds is 7. The third-order valence-electron chi connectivity index (χ3n) is 3.46. The summed E-state index contributed by atoms with van der Waals surface area (Å²) in [6.07, 6.45) is 0.536. The highest BCUT2D eigenvalue weighted by molar-refractivity contribution is 6.35. The fourth-order valence-electron chi connectivity index (χ4n) is 2.06. The summed E-state index contributed by atoms with van der Waals surface area (Å²) in [5.41, 5.74) is 2.92. The van der Waals surface area contributed by atoms with Gasteiger partial charge in [-0.05, 0) is 37.3 Å². The molecule has 0 saturated carbocycles. The highest BCUT2D eigenvalue weighted by atomic mass is 35.5. The molecule has 9 heteroatoms. The molecule has 0 spiro atoms. The van der Waals surface area contributed by atoms with Crippen molar-refractivity contribution in [3.8, 4) is 23.0 Å². The van der Waals surface area contributed by atoms with E-state index in [1.165, 1.54) is 26.5 Å². The van der Waals surface area contributed by atoms with E-state index < -0.39 is 12.0 Å². The lowest BCUT2D eigenvalue weighted by Gasteiger charge is -2.14. The van der Waals surface area contributed by atoms with Crippen LogP contribution in [-0.4, -0.2) is 37.6 Å². The monoisotopic (exact) mass is 412 g/mol. The molecule has 0 aromatic heterocycles. The molecular formula is C18H18Cl2N2O5. The number of benzene rings is 2. The maximum atomic E-state index is 12.1. The third kappa shape index (κ3) is 5.42. The van der Waals surface area contributed by atoms with Crippen LogP contribution in [0.3, 0.4) is 0 Å². The minimum absolute atomic E-state index is 0.122. The Balaban J connectivity index is 2.02. The lowest BCUT2D eigenvalue weighted by Crippen LogP contribution is -2.33. The first kappa shape index (κ1) is 20.7. The zero-order valence-corrected chi connectivity index (χ0v) is 16.3. The van der Waals surface area contributed by atoms with Gasteiger partial charge in [-0.2, -0.15) is 5.10 Å². The number of phenols is 1. The zero-order valence-electron chi connectivity index (χ0n) is 14.8. The average Bonchev–Trinajstić information content (AvgIpc) is 2.64. The van der Waals surface area contributed by atoms with E-state index in [0.29, 0.717) is 21.4 Å². The number of hydrogen-bond acceptors (Lipinski definition) is 6. The van der Waals surface area contributed by atoms with Gasteiger partial charge in [0.1, 0.15) is 5.75 Å². The molecule has 0 fully saturated rings. The van der Waals surface area contributed by atoms with Crippen molar-refractivity contribution in [3.63, 3.8) is 0 Å². The van der Waals surface area contributed by atoms with E-state index in [1.807, 2.05) is 0 Å². The Morgan fingerprint density at radius 2 is 1.78 bits per heavy atom. The number of nitrogens with one attached hydrogen (secondary N) is 1. The van der Waals surface area contributed by atoms with Gasteiger partial charge in [-0.15, -0.1) is 0 Å². The lowest BCUT2D eigenvalue weighted by molar-refractivity contribution is -0.127. The minimum atomic E-state index is -0.843. The molecule has 2 N–H and O–H groups in total. The van der Waals surface area contributed by atoms with E-state index in [-0.39, 0.29) is 17.2 Å². The fraction of sp³-hybridized carbons (Fsp3) is 0.222. The van der Waals surface area contributed by atoms with Crippen LogP contribution in [0.25, 0.3) is 0 Å². The molecule has 0 saturated heterocycles. The Morgan fingerprint density at radius 3 is 2.33 bits per heavy atom. The topological polar surface area (TPSA) is 89.4 Å². The van der Waals surface area contributed by atoms with E-state index in [0.717, 1.165) is 0 Å². The van der Waals surface area contributed by atoms with Gasteiger partial charge in [0.05, 0.1) is 25.5 Å². The summed E-state index contributed by atoms with van der Waals surface area (Å²) in [7, 11) is 2.83. The number of hydrogen-bond donors (Lipinski definition) is 2. The molecule has 1 amide bonds. The molecular weight excluding hydrogens is 395 g/mol. The van der Waals surface area contributed by atoms with Crippen LogP contribution in [0.2, 0.25) is 10.0 Å². The van der Waals surface area contributed by atoms with Gasteiger partial charge < -0.3 is 19.3 Å². The standard InChI is InChI=1S/C18H18Cl2N2O5/c1-10(27-14-5-4-12(19)8-13(14)20)18(24)22-21-9-11-6-15(25-2)17(23)16(7-11)26-3/h4-10,23H,1-3H3,(H,22,24)/b21-9-/t10-/m1/s1. The molecule has 0 aliphatic rings. The normalized spacial score (nSPS) is 11.9. The van der Waals surface area contributed by atoms with Crippen molar-refractivity contribution in [1.29, 1.82) is 0 Å². The van der Waals surface area contributed by atoms with Crippen molar-refractivity contribution in [2.75, 3.05) is 14.2 Å². The lowest BCUT2D eigenvalue weighted by atomic mass is 10.2. The predicted octanol–water partition coefficient (Wildman–Crippen LogP) is 3.63. The molecule has 0 unspecified atom stereocenters. The van der Waals surface area contributed by atoms with Gasteiger partial charge in [0.2, 0.25) is 5.75 Å². The van der Waals surface area contributed by atoms with Crippen LogP contribution in [0, 0.1) is 0 Å². The molecule has 2 aromatic carbocycles. The van der Waals surface area contributed by atoms with Crippen LogP contribution in [0.5, 0.6) is 23.0 Å².